The number of H-pyrrole nitrogens is 1. The molecule has 11 amide bonds. The summed E-state index contributed by atoms with van der Waals surface area (Å²) < 4.78 is 5.59. The Balaban J connectivity index is 2.33. The third-order valence-electron chi connectivity index (χ3n) is 18.1. The first-order valence-electron chi connectivity index (χ1n) is 34.5. The van der Waals surface area contributed by atoms with Gasteiger partial charge in [0.05, 0.1) is 29.8 Å². The van der Waals surface area contributed by atoms with Crippen molar-refractivity contribution in [3.05, 3.63) is 29.6 Å². The molecule has 0 saturated carbocycles. The molecule has 548 valence electrons. The van der Waals surface area contributed by atoms with Crippen LogP contribution in [0.5, 0.6) is 0 Å². The Kier molecular flexibility index (Phi) is 32.1. The fourth-order valence-corrected chi connectivity index (χ4v) is 12.3. The number of carbonyl (C=O) groups excluding carboxylic acids is 11. The molecule has 2 aromatic rings. The van der Waals surface area contributed by atoms with Gasteiger partial charge in [-0.25, -0.2) is 4.98 Å². The highest BCUT2D eigenvalue weighted by molar-refractivity contribution is 5.99. The number of ether oxygens (including phenoxy) is 1. The van der Waals surface area contributed by atoms with Gasteiger partial charge >= 0.3 is 0 Å². The number of likely N-dealkylation sites (N-methyl/N-ethyl adjacent to an activating group) is 7. The molecule has 2 heterocycles. The molecular weight excluding hydrogens is 1250 g/mol. The Morgan fingerprint density at radius 3 is 1.46 bits per heavy atom. The number of aliphatic hydroxyl groups excluding tert-OH is 2. The van der Waals surface area contributed by atoms with Crippen LogP contribution in [0, 0.1) is 41.4 Å². The predicted molar refractivity (Wildman–Crippen MR) is 370 cm³/mol. The lowest BCUT2D eigenvalue weighted by Crippen LogP contribution is -2.63. The lowest BCUT2D eigenvalue weighted by molar-refractivity contribution is -0.157. The van der Waals surface area contributed by atoms with E-state index in [9.17, 15) is 43.8 Å². The minimum Gasteiger partial charge on any atom is -0.390 e. The highest BCUT2D eigenvalue weighted by Gasteiger charge is 2.46. The molecule has 1 saturated heterocycles. The maximum Gasteiger partial charge on any atom is 0.246 e. The summed E-state index contributed by atoms with van der Waals surface area (Å²) in [5, 5.41) is 34.4. The number of amides is 11. The van der Waals surface area contributed by atoms with E-state index in [1.54, 1.807) is 73.6 Å². The van der Waals surface area contributed by atoms with Crippen molar-refractivity contribution in [3.63, 3.8) is 0 Å². The highest BCUT2D eigenvalue weighted by atomic mass is 16.6. The average Bonchev–Trinajstić information content (AvgIpc) is 1.50. The molecular formula is C70H119N13O14. The van der Waals surface area contributed by atoms with Crippen molar-refractivity contribution >= 4 is 76.0 Å². The number of nitrogens with one attached hydrogen (secondary N) is 5. The van der Waals surface area contributed by atoms with Gasteiger partial charge in [0.1, 0.15) is 66.2 Å². The summed E-state index contributed by atoms with van der Waals surface area (Å²) in [4.78, 5) is 179. The van der Waals surface area contributed by atoms with Crippen molar-refractivity contribution in [1.82, 2.24) is 65.5 Å². The van der Waals surface area contributed by atoms with Crippen LogP contribution in [0.25, 0.3) is 11.0 Å². The van der Waals surface area contributed by atoms with Gasteiger partial charge in [0.25, 0.3) is 0 Å². The van der Waals surface area contributed by atoms with E-state index >= 15 is 19.2 Å². The van der Waals surface area contributed by atoms with Gasteiger partial charge in [-0.3, -0.25) is 52.7 Å². The summed E-state index contributed by atoms with van der Waals surface area (Å²) in [6, 6.07) is -7.79. The molecule has 0 radical (unpaired) electrons. The first-order chi connectivity index (χ1) is 44.9. The number of aromatic nitrogens is 2. The minimum atomic E-state index is -1.75. The molecule has 0 spiro atoms. The lowest BCUT2D eigenvalue weighted by Gasteiger charge is -2.41. The van der Waals surface area contributed by atoms with E-state index in [2.05, 4.69) is 26.3 Å². The van der Waals surface area contributed by atoms with Crippen molar-refractivity contribution in [1.29, 1.82) is 0 Å². The molecule has 27 heteroatoms. The normalized spacial score (nSPS) is 25.4. The first-order valence-corrected chi connectivity index (χ1v) is 34.5. The third-order valence-corrected chi connectivity index (χ3v) is 18.1. The second kappa shape index (κ2) is 37.1. The van der Waals surface area contributed by atoms with Gasteiger partial charge < -0.3 is 75.5 Å². The third kappa shape index (κ3) is 22.6. The monoisotopic (exact) mass is 1370 g/mol. The molecule has 0 bridgehead atoms. The average molecular weight is 1370 g/mol. The van der Waals surface area contributed by atoms with Crippen LogP contribution < -0.4 is 21.3 Å². The van der Waals surface area contributed by atoms with Gasteiger partial charge in [0.15, 0.2) is 6.29 Å². The van der Waals surface area contributed by atoms with Crippen LogP contribution in [0.3, 0.4) is 0 Å². The predicted octanol–water partition coefficient (Wildman–Crippen LogP) is 3.84. The van der Waals surface area contributed by atoms with Gasteiger partial charge in [0.2, 0.25) is 65.0 Å². The molecule has 13 atom stereocenters. The zero-order valence-corrected chi connectivity index (χ0v) is 62.6. The topological polar surface area (TPSA) is 337 Å². The van der Waals surface area contributed by atoms with Crippen LogP contribution in [0.15, 0.2) is 18.2 Å². The number of aliphatic hydroxyl groups is 2. The summed E-state index contributed by atoms with van der Waals surface area (Å²) >= 11 is 0. The summed E-state index contributed by atoms with van der Waals surface area (Å²) in [6.07, 6.45) is -2.68. The number of aromatic amines is 1. The number of carbonyl (C=O) groups is 11. The zero-order chi connectivity index (χ0) is 74.3. The van der Waals surface area contributed by atoms with E-state index in [4.69, 9.17) is 9.72 Å². The van der Waals surface area contributed by atoms with Gasteiger partial charge in [-0.2, -0.15) is 0 Å². The molecule has 1 aliphatic rings. The Labute approximate surface area is 576 Å². The van der Waals surface area contributed by atoms with Gasteiger partial charge in [-0.15, -0.1) is 0 Å². The minimum absolute atomic E-state index is 0.0175. The summed E-state index contributed by atoms with van der Waals surface area (Å²) in [5.74, 6) is -10.1. The number of imidazole rings is 1. The Bertz CT molecular complexity index is 3040. The number of benzene rings is 1. The number of nitrogens with zero attached hydrogens (tertiary/aromatic N) is 8. The number of fused-ring (bicyclic) bond motifs is 1. The maximum atomic E-state index is 15.5. The first kappa shape index (κ1) is 84.0. The number of rotatable bonds is 18. The molecule has 1 aromatic carbocycles. The molecule has 97 heavy (non-hydrogen) atoms. The van der Waals surface area contributed by atoms with E-state index in [0.717, 1.165) is 9.80 Å². The summed E-state index contributed by atoms with van der Waals surface area (Å²) in [7, 11) is 9.81. The highest BCUT2D eigenvalue weighted by Crippen LogP contribution is 2.28. The molecule has 3 rings (SSSR count). The van der Waals surface area contributed by atoms with Crippen LogP contribution >= 0.6 is 0 Å². The fourth-order valence-electron chi connectivity index (χ4n) is 12.3. The van der Waals surface area contributed by atoms with Crippen LogP contribution in [0.1, 0.15) is 174 Å². The second-order valence-corrected chi connectivity index (χ2v) is 29.5. The second-order valence-electron chi connectivity index (χ2n) is 29.5. The van der Waals surface area contributed by atoms with E-state index in [1.165, 1.54) is 87.7 Å². The molecule has 13 unspecified atom stereocenters. The van der Waals surface area contributed by atoms with Gasteiger partial charge in [0, 0.05) is 61.3 Å². The van der Waals surface area contributed by atoms with E-state index < -0.39 is 162 Å². The van der Waals surface area contributed by atoms with E-state index in [-0.39, 0.29) is 68.3 Å². The molecule has 0 aliphatic carbocycles. The SMILES string of the molecule is CCC1NC(=O)C(C(O)C(C)Cc2nc3ccc(C(O)OC(C)C)cc3[nH]2)N(C)C(=O)C(C(C)C)N(C)C(=O)C(CC(C)C)N(C)C(=O)C(CC(C)C)N(C)C(=O)C(C)NC(=O)C(C)NC(=O)C(CC(C)C)N(C)C(=O)C(C(C)C)NC(=O)C(CC(C)C)N(C)C(=O)CN(C)C1=O. The van der Waals surface area contributed by atoms with Crippen LogP contribution in [-0.2, 0) is 63.9 Å². The largest absolute Gasteiger partial charge is 0.390 e. The Morgan fingerprint density at radius 1 is 0.505 bits per heavy atom. The van der Waals surface area contributed by atoms with Gasteiger partial charge in [-0.1, -0.05) is 103 Å². The lowest BCUT2D eigenvalue weighted by atomic mass is 9.91. The molecule has 7 N–H and O–H groups in total. The van der Waals surface area contributed by atoms with Crippen molar-refractivity contribution in [2.45, 2.75) is 242 Å². The molecule has 1 aromatic heterocycles. The molecule has 1 fully saturated rings. The molecule has 1 aliphatic heterocycles. The van der Waals surface area contributed by atoms with Crippen LogP contribution in [0.4, 0.5) is 0 Å². The summed E-state index contributed by atoms with van der Waals surface area (Å²) in [5.41, 5.74) is 1.55. The quantitative estimate of drug-likeness (QED) is 0.104. The van der Waals surface area contributed by atoms with E-state index in [0.29, 0.717) is 22.4 Å². The van der Waals surface area contributed by atoms with Crippen molar-refractivity contribution in [2.75, 3.05) is 55.9 Å². The fraction of sp³-hybridized carbons (Fsp3) is 0.743. The number of hydrogen-bond acceptors (Lipinski definition) is 15. The van der Waals surface area contributed by atoms with Gasteiger partial charge in [-0.05, 0) is 113 Å². The summed E-state index contributed by atoms with van der Waals surface area (Å²) in [6.45, 7) is 30.9. The van der Waals surface area contributed by atoms with Crippen molar-refractivity contribution in [2.24, 2.45) is 41.4 Å². The van der Waals surface area contributed by atoms with Crippen molar-refractivity contribution in [3.8, 4) is 0 Å². The van der Waals surface area contributed by atoms with Crippen LogP contribution in [0.2, 0.25) is 0 Å². The Hall–Kier alpha value is -7.26. The van der Waals surface area contributed by atoms with E-state index in [1.807, 2.05) is 55.4 Å². The standard InChI is InChI=1S/C70H119N13O14/c1-26-47-65(91)77(19)35-55(84)78(20)50(29-36(2)3)62(88)76-56(40(10)11)68(94)79(21)51(30-37(4)5)61(87)71-44(17)60(86)72-45(18)64(90)80(22)52(31-38(6)7)66(92)81(23)53(32-39(8)9)67(93)82(24)57(41(12)13)69(95)83(25)58(63(89)75-47)59(85)43(16)33-54-73-48-28-27-46(34-49(48)74-54)70(96)97-42(14)15/h27-28,34,36-45,47,50-53,56-59,70,85,96H,26,29-33,35H2,1-25H3,(H,71,87)(H,72,86)(H,73,74)(H,75,89)(H,76,88). The van der Waals surface area contributed by atoms with Crippen molar-refractivity contribution < 1.29 is 67.7 Å². The zero-order valence-electron chi connectivity index (χ0n) is 62.6. The van der Waals surface area contributed by atoms with Crippen LogP contribution in [-0.4, -0.2) is 248 Å². The molecule has 27 nitrogen and oxygen atoms in total. The maximum absolute atomic E-state index is 15.5. The Morgan fingerprint density at radius 2 is 0.969 bits per heavy atom. The smallest absolute Gasteiger partial charge is 0.246 e. The number of hydrogen-bond donors (Lipinski definition) is 7.